The fourth-order valence-corrected chi connectivity index (χ4v) is 10.4. The molecule has 0 amide bonds. The molecule has 0 unspecified atom stereocenters. The molecule has 284 valence electrons. The van der Waals surface area contributed by atoms with Crippen LogP contribution in [0.5, 0.6) is 0 Å². The van der Waals surface area contributed by atoms with Crippen molar-refractivity contribution in [1.82, 2.24) is 9.97 Å². The Kier molecular flexibility index (Phi) is 8.39. The molecule has 61 heavy (non-hydrogen) atoms. The van der Waals surface area contributed by atoms with E-state index in [-0.39, 0.29) is 0 Å². The lowest BCUT2D eigenvalue weighted by Crippen LogP contribution is -1.95. The van der Waals surface area contributed by atoms with Crippen LogP contribution in [0.2, 0.25) is 0 Å². The minimum absolute atomic E-state index is 0.736. The van der Waals surface area contributed by atoms with Gasteiger partial charge >= 0.3 is 0 Å². The van der Waals surface area contributed by atoms with Gasteiger partial charge < -0.3 is 0 Å². The number of rotatable bonds is 6. The second-order valence-electron chi connectivity index (χ2n) is 15.7. The van der Waals surface area contributed by atoms with Crippen molar-refractivity contribution in [2.24, 2.45) is 0 Å². The number of benzene rings is 10. The van der Waals surface area contributed by atoms with Gasteiger partial charge in [-0.15, -0.1) is 11.3 Å². The van der Waals surface area contributed by atoms with Gasteiger partial charge in [-0.05, 0) is 102 Å². The normalized spacial score (nSPS) is 11.6. The SMILES string of the molecule is c1ccc(-c2cc(-c3ccccc3)cc(-c3cccc(-c4cccc(-c5nc(-c6cccc7ccccc67)nc6sc7c8ccccc8c8ccccc8c7c56)c4)c3)c2)cc1. The Balaban J connectivity index is 1.07. The minimum Gasteiger partial charge on any atom is -0.227 e. The van der Waals surface area contributed by atoms with Crippen LogP contribution in [0.25, 0.3) is 120 Å². The Morgan fingerprint density at radius 3 is 1.41 bits per heavy atom. The average molecular weight is 793 g/mol. The smallest absolute Gasteiger partial charge is 0.162 e. The predicted octanol–water partition coefficient (Wildman–Crippen LogP) is 16.3. The highest BCUT2D eigenvalue weighted by Crippen LogP contribution is 2.47. The van der Waals surface area contributed by atoms with E-state index in [1.807, 2.05) is 0 Å². The summed E-state index contributed by atoms with van der Waals surface area (Å²) in [6.45, 7) is 0. The van der Waals surface area contributed by atoms with E-state index in [9.17, 15) is 0 Å². The molecule has 0 N–H and O–H groups in total. The van der Waals surface area contributed by atoms with Gasteiger partial charge in [-0.25, -0.2) is 9.97 Å². The number of nitrogens with zero attached hydrogens (tertiary/aromatic N) is 2. The highest BCUT2D eigenvalue weighted by molar-refractivity contribution is 7.26. The Labute approximate surface area is 357 Å². The first-order valence-corrected chi connectivity index (χ1v) is 21.5. The van der Waals surface area contributed by atoms with Gasteiger partial charge in [0.15, 0.2) is 5.82 Å². The standard InChI is InChI=1S/C58H36N2S/c1-3-16-37(17-4-1)44-34-45(38-18-5-2-6-19-38)36-46(35-44)42-24-13-22-40(32-42)41-23-14-25-43(33-41)55-54-53-50-29-11-9-27-48(50)49-28-10-12-30-51(49)56(53)61-58(54)60-57(59-55)52-31-15-21-39-20-7-8-26-47(39)52/h1-36H. The quantitative estimate of drug-likeness (QED) is 0.157. The summed E-state index contributed by atoms with van der Waals surface area (Å²) in [6, 6.07) is 78.7. The molecule has 2 heterocycles. The molecule has 0 radical (unpaired) electrons. The summed E-state index contributed by atoms with van der Waals surface area (Å²) in [5.41, 5.74) is 12.5. The summed E-state index contributed by atoms with van der Waals surface area (Å²) in [7, 11) is 0. The van der Waals surface area contributed by atoms with E-state index in [2.05, 4.69) is 218 Å². The molecule has 0 bridgehead atoms. The van der Waals surface area contributed by atoms with Crippen molar-refractivity contribution in [2.45, 2.75) is 0 Å². The molecule has 0 aliphatic carbocycles. The van der Waals surface area contributed by atoms with Crippen molar-refractivity contribution in [1.29, 1.82) is 0 Å². The van der Waals surface area contributed by atoms with Crippen molar-refractivity contribution >= 4 is 64.0 Å². The van der Waals surface area contributed by atoms with Crippen LogP contribution in [0.4, 0.5) is 0 Å². The lowest BCUT2D eigenvalue weighted by atomic mass is 9.91. The number of thiophene rings is 1. The fourth-order valence-electron chi connectivity index (χ4n) is 9.16. The van der Waals surface area contributed by atoms with Crippen molar-refractivity contribution in [2.75, 3.05) is 0 Å². The van der Waals surface area contributed by atoms with Crippen LogP contribution >= 0.6 is 11.3 Å². The number of fused-ring (bicyclic) bond motifs is 9. The Bertz CT molecular complexity index is 3580. The molecule has 0 atom stereocenters. The highest BCUT2D eigenvalue weighted by atomic mass is 32.1. The summed E-state index contributed by atoms with van der Waals surface area (Å²) in [5, 5.41) is 9.60. The zero-order valence-corrected chi connectivity index (χ0v) is 33.9. The van der Waals surface area contributed by atoms with E-state index in [1.165, 1.54) is 70.4 Å². The zero-order chi connectivity index (χ0) is 40.3. The van der Waals surface area contributed by atoms with Gasteiger partial charge in [0, 0.05) is 32.0 Å². The largest absolute Gasteiger partial charge is 0.227 e. The zero-order valence-electron chi connectivity index (χ0n) is 33.1. The summed E-state index contributed by atoms with van der Waals surface area (Å²) in [4.78, 5) is 12.0. The van der Waals surface area contributed by atoms with Gasteiger partial charge in [-0.1, -0.05) is 188 Å². The van der Waals surface area contributed by atoms with Crippen LogP contribution < -0.4 is 0 Å². The minimum atomic E-state index is 0.736. The third-order valence-corrected chi connectivity index (χ3v) is 13.2. The van der Waals surface area contributed by atoms with Crippen LogP contribution in [0.1, 0.15) is 0 Å². The lowest BCUT2D eigenvalue weighted by molar-refractivity contribution is 1.25. The molecule has 0 spiro atoms. The summed E-state index contributed by atoms with van der Waals surface area (Å²) >= 11 is 1.78. The number of hydrogen-bond acceptors (Lipinski definition) is 3. The van der Waals surface area contributed by atoms with Crippen LogP contribution in [0, 0.1) is 0 Å². The first-order valence-electron chi connectivity index (χ1n) is 20.7. The molecule has 0 saturated carbocycles. The molecule has 2 aromatic heterocycles. The molecule has 0 aliphatic heterocycles. The predicted molar refractivity (Wildman–Crippen MR) is 260 cm³/mol. The van der Waals surface area contributed by atoms with E-state index < -0.39 is 0 Å². The van der Waals surface area contributed by atoms with Crippen molar-refractivity contribution in [3.63, 3.8) is 0 Å². The topological polar surface area (TPSA) is 25.8 Å². The second kappa shape index (κ2) is 14.5. The van der Waals surface area contributed by atoms with Gasteiger partial charge in [-0.2, -0.15) is 0 Å². The molecule has 3 heteroatoms. The molecular weight excluding hydrogens is 757 g/mol. The van der Waals surface area contributed by atoms with Crippen LogP contribution in [-0.4, -0.2) is 9.97 Å². The summed E-state index contributed by atoms with van der Waals surface area (Å²) < 4.78 is 1.24. The van der Waals surface area contributed by atoms with Crippen LogP contribution in [0.15, 0.2) is 218 Å². The van der Waals surface area contributed by atoms with Crippen molar-refractivity contribution < 1.29 is 0 Å². The average Bonchev–Trinajstić information content (AvgIpc) is 3.74. The summed E-state index contributed by atoms with van der Waals surface area (Å²) in [6.07, 6.45) is 0. The highest BCUT2D eigenvalue weighted by Gasteiger charge is 2.22. The Hall–Kier alpha value is -7.72. The number of aromatic nitrogens is 2. The van der Waals surface area contributed by atoms with Gasteiger partial charge in [0.2, 0.25) is 0 Å². The molecule has 2 nitrogen and oxygen atoms in total. The molecule has 0 aliphatic rings. The maximum atomic E-state index is 5.57. The third kappa shape index (κ3) is 6.09. The van der Waals surface area contributed by atoms with E-state index >= 15 is 0 Å². The van der Waals surface area contributed by atoms with Crippen molar-refractivity contribution in [3.05, 3.63) is 218 Å². The first kappa shape index (κ1) is 35.2. The van der Waals surface area contributed by atoms with E-state index in [1.54, 1.807) is 11.3 Å². The molecule has 12 aromatic rings. The molecule has 10 aromatic carbocycles. The van der Waals surface area contributed by atoms with Gasteiger partial charge in [-0.3, -0.25) is 0 Å². The van der Waals surface area contributed by atoms with E-state index in [0.29, 0.717) is 0 Å². The van der Waals surface area contributed by atoms with E-state index in [4.69, 9.17) is 9.97 Å². The maximum Gasteiger partial charge on any atom is 0.162 e. The number of hydrogen-bond donors (Lipinski definition) is 0. The second-order valence-corrected chi connectivity index (χ2v) is 16.7. The Morgan fingerprint density at radius 1 is 0.295 bits per heavy atom. The molecule has 12 rings (SSSR count). The molecule has 0 fully saturated rings. The maximum absolute atomic E-state index is 5.57. The van der Waals surface area contributed by atoms with Crippen molar-refractivity contribution in [3.8, 4) is 67.2 Å². The summed E-state index contributed by atoms with van der Waals surface area (Å²) in [5.74, 6) is 0.736. The lowest BCUT2D eigenvalue weighted by Gasteiger charge is -2.13. The fraction of sp³-hybridized carbons (Fsp3) is 0. The molecule has 0 saturated heterocycles. The van der Waals surface area contributed by atoms with Crippen LogP contribution in [-0.2, 0) is 0 Å². The third-order valence-electron chi connectivity index (χ3n) is 12.1. The monoisotopic (exact) mass is 792 g/mol. The van der Waals surface area contributed by atoms with Gasteiger partial charge in [0.1, 0.15) is 4.83 Å². The Morgan fingerprint density at radius 2 is 0.738 bits per heavy atom. The van der Waals surface area contributed by atoms with E-state index in [0.717, 1.165) is 49.4 Å². The van der Waals surface area contributed by atoms with Gasteiger partial charge in [0.25, 0.3) is 0 Å². The van der Waals surface area contributed by atoms with Crippen LogP contribution in [0.3, 0.4) is 0 Å². The first-order chi connectivity index (χ1) is 30.2. The molecular formula is C58H36N2S. The van der Waals surface area contributed by atoms with Gasteiger partial charge in [0.05, 0.1) is 5.69 Å².